The van der Waals surface area contributed by atoms with E-state index in [1.165, 1.54) is 5.56 Å². The molecule has 3 heteroatoms. The molecule has 0 unspecified atom stereocenters. The van der Waals surface area contributed by atoms with Crippen LogP contribution in [-0.2, 0) is 15.9 Å². The number of ether oxygens (including phenoxy) is 2. The van der Waals surface area contributed by atoms with Crippen LogP contribution in [0.1, 0.15) is 19.4 Å². The molecule has 3 rings (SSSR count). The van der Waals surface area contributed by atoms with Gasteiger partial charge in [0.15, 0.2) is 5.79 Å². The molecule has 2 heterocycles. The third kappa shape index (κ3) is 2.23. The summed E-state index contributed by atoms with van der Waals surface area (Å²) in [7, 11) is 0. The Labute approximate surface area is 102 Å². The first-order valence-corrected chi connectivity index (χ1v) is 6.27. The molecule has 0 aliphatic carbocycles. The maximum Gasteiger partial charge on any atom is 0.163 e. The molecule has 2 fully saturated rings. The highest BCUT2D eigenvalue weighted by Gasteiger charge is 2.48. The molecular weight excluding hydrogens is 214 g/mol. The van der Waals surface area contributed by atoms with E-state index >= 15 is 0 Å². The number of benzene rings is 1. The molecule has 0 saturated carbocycles. The predicted octanol–water partition coefficient (Wildman–Crippen LogP) is 1.72. The normalized spacial score (nSPS) is 34.8. The lowest BCUT2D eigenvalue weighted by atomic mass is 10.0. The first-order valence-electron chi connectivity index (χ1n) is 6.27. The molecule has 0 spiro atoms. The molecule has 0 bridgehead atoms. The van der Waals surface area contributed by atoms with E-state index in [2.05, 4.69) is 29.6 Å². The van der Waals surface area contributed by atoms with Gasteiger partial charge in [-0.15, -0.1) is 0 Å². The Balaban J connectivity index is 1.70. The van der Waals surface area contributed by atoms with Gasteiger partial charge in [0.05, 0.1) is 0 Å². The van der Waals surface area contributed by atoms with Crippen molar-refractivity contribution in [1.82, 2.24) is 5.32 Å². The molecule has 1 aromatic carbocycles. The lowest BCUT2D eigenvalue weighted by Gasteiger charge is -2.22. The van der Waals surface area contributed by atoms with Crippen molar-refractivity contribution in [1.29, 1.82) is 0 Å². The van der Waals surface area contributed by atoms with Gasteiger partial charge in [0.2, 0.25) is 0 Å². The van der Waals surface area contributed by atoms with Crippen molar-refractivity contribution in [3.63, 3.8) is 0 Å². The van der Waals surface area contributed by atoms with E-state index in [1.54, 1.807) is 0 Å². The highest BCUT2D eigenvalue weighted by molar-refractivity contribution is 5.17. The first-order chi connectivity index (χ1) is 8.14. The van der Waals surface area contributed by atoms with E-state index in [0.29, 0.717) is 6.04 Å². The zero-order valence-electron chi connectivity index (χ0n) is 10.3. The SMILES string of the molecule is CC1(C)O[C@H]2[C@@H](Cc3ccccc3)NC[C@H]2O1. The molecule has 1 aromatic rings. The van der Waals surface area contributed by atoms with Gasteiger partial charge in [-0.2, -0.15) is 0 Å². The van der Waals surface area contributed by atoms with Crippen LogP contribution < -0.4 is 5.32 Å². The lowest BCUT2D eigenvalue weighted by molar-refractivity contribution is -0.152. The van der Waals surface area contributed by atoms with Gasteiger partial charge in [0.1, 0.15) is 12.2 Å². The number of hydrogen-bond acceptors (Lipinski definition) is 3. The number of rotatable bonds is 2. The zero-order chi connectivity index (χ0) is 11.9. The molecule has 2 saturated heterocycles. The van der Waals surface area contributed by atoms with Crippen LogP contribution in [0.3, 0.4) is 0 Å². The van der Waals surface area contributed by atoms with Gasteiger partial charge in [-0.1, -0.05) is 30.3 Å². The van der Waals surface area contributed by atoms with E-state index in [1.807, 2.05) is 19.9 Å². The fraction of sp³-hybridized carbons (Fsp3) is 0.571. The Bertz CT molecular complexity index is 390. The molecule has 0 aromatic heterocycles. The van der Waals surface area contributed by atoms with Crippen LogP contribution in [0, 0.1) is 0 Å². The van der Waals surface area contributed by atoms with Crippen LogP contribution >= 0.6 is 0 Å². The number of hydrogen-bond donors (Lipinski definition) is 1. The van der Waals surface area contributed by atoms with E-state index in [4.69, 9.17) is 9.47 Å². The zero-order valence-corrected chi connectivity index (χ0v) is 10.3. The van der Waals surface area contributed by atoms with Crippen LogP contribution in [0.15, 0.2) is 30.3 Å². The minimum absolute atomic E-state index is 0.185. The average Bonchev–Trinajstić information content (AvgIpc) is 2.77. The molecule has 3 atom stereocenters. The quantitative estimate of drug-likeness (QED) is 0.843. The number of nitrogens with one attached hydrogen (secondary N) is 1. The number of fused-ring (bicyclic) bond motifs is 1. The fourth-order valence-corrected chi connectivity index (χ4v) is 2.80. The van der Waals surface area contributed by atoms with Crippen molar-refractivity contribution in [2.75, 3.05) is 6.54 Å². The molecule has 0 amide bonds. The summed E-state index contributed by atoms with van der Waals surface area (Å²) in [6, 6.07) is 10.9. The molecule has 1 N–H and O–H groups in total. The maximum absolute atomic E-state index is 5.97. The minimum atomic E-state index is -0.424. The smallest absolute Gasteiger partial charge is 0.163 e. The Morgan fingerprint density at radius 1 is 1.24 bits per heavy atom. The summed E-state index contributed by atoms with van der Waals surface area (Å²) in [6.45, 7) is 4.88. The molecule has 2 aliphatic rings. The third-order valence-electron chi connectivity index (χ3n) is 3.50. The summed E-state index contributed by atoms with van der Waals surface area (Å²) in [5, 5.41) is 3.49. The molecule has 0 radical (unpaired) electrons. The van der Waals surface area contributed by atoms with E-state index in [0.717, 1.165) is 13.0 Å². The van der Waals surface area contributed by atoms with Gasteiger partial charge in [0, 0.05) is 12.6 Å². The monoisotopic (exact) mass is 233 g/mol. The molecule has 2 aliphatic heterocycles. The van der Waals surface area contributed by atoms with Crippen molar-refractivity contribution < 1.29 is 9.47 Å². The van der Waals surface area contributed by atoms with Gasteiger partial charge < -0.3 is 14.8 Å². The van der Waals surface area contributed by atoms with Gasteiger partial charge in [-0.3, -0.25) is 0 Å². The van der Waals surface area contributed by atoms with Crippen molar-refractivity contribution >= 4 is 0 Å². The fourth-order valence-electron chi connectivity index (χ4n) is 2.80. The second-order valence-electron chi connectivity index (χ2n) is 5.34. The largest absolute Gasteiger partial charge is 0.343 e. The van der Waals surface area contributed by atoms with Crippen molar-refractivity contribution in [2.45, 2.75) is 44.3 Å². The summed E-state index contributed by atoms with van der Waals surface area (Å²) < 4.78 is 11.8. The standard InChI is InChI=1S/C14H19NO2/c1-14(2)16-12-9-15-11(13(12)17-14)8-10-6-4-3-5-7-10/h3-7,11-13,15H,8-9H2,1-2H3/t11-,12-,13+/m1/s1. The third-order valence-corrected chi connectivity index (χ3v) is 3.50. The summed E-state index contributed by atoms with van der Waals surface area (Å²) in [5.41, 5.74) is 1.35. The van der Waals surface area contributed by atoms with Gasteiger partial charge in [-0.25, -0.2) is 0 Å². The van der Waals surface area contributed by atoms with Crippen LogP contribution in [0.2, 0.25) is 0 Å². The Kier molecular flexibility index (Phi) is 2.69. The van der Waals surface area contributed by atoms with E-state index < -0.39 is 5.79 Å². The molecule has 92 valence electrons. The van der Waals surface area contributed by atoms with Crippen molar-refractivity contribution in [3.8, 4) is 0 Å². The molecular formula is C14H19NO2. The van der Waals surface area contributed by atoms with Gasteiger partial charge in [-0.05, 0) is 25.8 Å². The Morgan fingerprint density at radius 2 is 2.00 bits per heavy atom. The van der Waals surface area contributed by atoms with E-state index in [-0.39, 0.29) is 12.2 Å². The first kappa shape index (κ1) is 11.2. The van der Waals surface area contributed by atoms with Gasteiger partial charge in [0.25, 0.3) is 0 Å². The molecule has 17 heavy (non-hydrogen) atoms. The second-order valence-corrected chi connectivity index (χ2v) is 5.34. The summed E-state index contributed by atoms with van der Waals surface area (Å²) in [6.07, 6.45) is 1.39. The summed E-state index contributed by atoms with van der Waals surface area (Å²) >= 11 is 0. The topological polar surface area (TPSA) is 30.5 Å². The lowest BCUT2D eigenvalue weighted by Crippen LogP contribution is -2.36. The van der Waals surface area contributed by atoms with Crippen molar-refractivity contribution in [3.05, 3.63) is 35.9 Å². The van der Waals surface area contributed by atoms with Gasteiger partial charge >= 0.3 is 0 Å². The highest BCUT2D eigenvalue weighted by atomic mass is 16.8. The van der Waals surface area contributed by atoms with Crippen LogP contribution in [-0.4, -0.2) is 30.6 Å². The predicted molar refractivity (Wildman–Crippen MR) is 65.8 cm³/mol. The van der Waals surface area contributed by atoms with Crippen LogP contribution in [0.5, 0.6) is 0 Å². The van der Waals surface area contributed by atoms with E-state index in [9.17, 15) is 0 Å². The second kappa shape index (κ2) is 4.09. The summed E-state index contributed by atoms with van der Waals surface area (Å²) in [4.78, 5) is 0. The Hall–Kier alpha value is -0.900. The highest BCUT2D eigenvalue weighted by Crippen LogP contribution is 2.33. The summed E-state index contributed by atoms with van der Waals surface area (Å²) in [5.74, 6) is -0.424. The van der Waals surface area contributed by atoms with Crippen LogP contribution in [0.25, 0.3) is 0 Å². The van der Waals surface area contributed by atoms with Crippen LogP contribution in [0.4, 0.5) is 0 Å². The molecule has 3 nitrogen and oxygen atoms in total. The Morgan fingerprint density at radius 3 is 2.76 bits per heavy atom. The van der Waals surface area contributed by atoms with Crippen molar-refractivity contribution in [2.24, 2.45) is 0 Å². The minimum Gasteiger partial charge on any atom is -0.343 e. The maximum atomic E-state index is 5.97. The average molecular weight is 233 g/mol.